The summed E-state index contributed by atoms with van der Waals surface area (Å²) in [6, 6.07) is 5.19. The lowest BCUT2D eigenvalue weighted by atomic mass is 10.1. The zero-order chi connectivity index (χ0) is 18.1. The van der Waals surface area contributed by atoms with Gasteiger partial charge in [0.15, 0.2) is 0 Å². The quantitative estimate of drug-likeness (QED) is 0.199. The predicted molar refractivity (Wildman–Crippen MR) is 104 cm³/mol. The van der Waals surface area contributed by atoms with Gasteiger partial charge in [-0.05, 0) is 30.4 Å². The molecule has 1 aromatic carbocycles. The number of hydrazine groups is 2. The minimum Gasteiger partial charge on any atom is -0.383 e. The van der Waals surface area contributed by atoms with Gasteiger partial charge in [0, 0.05) is 19.9 Å². The van der Waals surface area contributed by atoms with Gasteiger partial charge in [0.25, 0.3) is 0 Å². The highest BCUT2D eigenvalue weighted by molar-refractivity contribution is 8.38. The number of hydrogen-bond donors (Lipinski definition) is 2. The second-order valence-corrected chi connectivity index (χ2v) is 6.99. The van der Waals surface area contributed by atoms with Gasteiger partial charge in [-0.3, -0.25) is 10.0 Å². The van der Waals surface area contributed by atoms with Crippen LogP contribution in [0.5, 0.6) is 0 Å². The first-order valence-electron chi connectivity index (χ1n) is 7.28. The van der Waals surface area contributed by atoms with Crippen LogP contribution in [0.15, 0.2) is 23.2 Å². The van der Waals surface area contributed by atoms with Gasteiger partial charge in [0.2, 0.25) is 0 Å². The summed E-state index contributed by atoms with van der Waals surface area (Å²) >= 11 is 3.20. The molecule has 0 aliphatic heterocycles. The number of thioether (sulfide) groups is 2. The van der Waals surface area contributed by atoms with Gasteiger partial charge in [-0.1, -0.05) is 23.9 Å². The van der Waals surface area contributed by atoms with Gasteiger partial charge in [-0.15, -0.1) is 11.8 Å². The van der Waals surface area contributed by atoms with Crippen LogP contribution in [0.2, 0.25) is 0 Å². The molecule has 24 heavy (non-hydrogen) atoms. The molecule has 0 saturated carbocycles. The normalized spacial score (nSPS) is 11.5. The fraction of sp³-hybridized carbons (Fsp3) is 0.467. The Morgan fingerprint density at radius 1 is 1.38 bits per heavy atom. The average Bonchev–Trinajstić information content (AvgIpc) is 2.57. The third-order valence-electron chi connectivity index (χ3n) is 3.20. The molecule has 0 unspecified atom stereocenters. The molecule has 2 amide bonds. The third-order valence-corrected chi connectivity index (χ3v) is 5.34. The highest BCUT2D eigenvalue weighted by atomic mass is 32.2. The molecule has 0 saturated heterocycles. The number of anilines is 1. The molecule has 0 aliphatic carbocycles. The Bertz CT molecular complexity index is 581. The maximum atomic E-state index is 12.0. The van der Waals surface area contributed by atoms with Crippen molar-refractivity contribution in [3.8, 4) is 0 Å². The molecule has 0 spiro atoms. The third kappa shape index (κ3) is 5.99. The van der Waals surface area contributed by atoms with Crippen molar-refractivity contribution in [1.29, 1.82) is 0 Å². The zero-order valence-electron chi connectivity index (χ0n) is 14.5. The van der Waals surface area contributed by atoms with Crippen molar-refractivity contribution in [2.45, 2.75) is 12.7 Å². The molecule has 0 heterocycles. The Morgan fingerprint density at radius 3 is 2.67 bits per heavy atom. The molecule has 0 atom stereocenters. The Morgan fingerprint density at radius 2 is 2.08 bits per heavy atom. The average molecular weight is 372 g/mol. The number of urea groups is 1. The monoisotopic (exact) mass is 371 g/mol. The highest BCUT2D eigenvalue weighted by Gasteiger charge is 2.19. The van der Waals surface area contributed by atoms with Crippen molar-refractivity contribution in [3.63, 3.8) is 0 Å². The molecule has 134 valence electrons. The number of nitrogens with two attached hydrogens (primary N) is 2. The van der Waals surface area contributed by atoms with Crippen molar-refractivity contribution in [2.24, 2.45) is 16.7 Å². The van der Waals surface area contributed by atoms with E-state index in [1.54, 1.807) is 30.6 Å². The number of aryl methyl sites for hydroxylation is 1. The number of methoxy groups -OCH3 is 1. The van der Waals surface area contributed by atoms with Gasteiger partial charge < -0.3 is 4.74 Å². The van der Waals surface area contributed by atoms with E-state index in [1.165, 1.54) is 7.05 Å². The van der Waals surface area contributed by atoms with Crippen molar-refractivity contribution >= 4 is 39.6 Å². The summed E-state index contributed by atoms with van der Waals surface area (Å²) in [7, 11) is 3.11. The number of carbonyl (C=O) groups is 1. The van der Waals surface area contributed by atoms with Crippen molar-refractivity contribution in [1.82, 2.24) is 5.01 Å². The van der Waals surface area contributed by atoms with Crippen LogP contribution in [0.25, 0.3) is 0 Å². The zero-order valence-corrected chi connectivity index (χ0v) is 16.1. The summed E-state index contributed by atoms with van der Waals surface area (Å²) in [6.07, 6.45) is 1.99. The molecule has 0 bridgehead atoms. The first-order valence-corrected chi connectivity index (χ1v) is 9.49. The molecule has 0 aromatic heterocycles. The topological polar surface area (TPSA) is 97.2 Å². The van der Waals surface area contributed by atoms with E-state index in [0.717, 1.165) is 25.5 Å². The number of ether oxygens (including phenoxy) is 1. The van der Waals surface area contributed by atoms with E-state index in [4.69, 9.17) is 16.4 Å². The second-order valence-electron chi connectivity index (χ2n) is 4.97. The summed E-state index contributed by atoms with van der Waals surface area (Å²) in [4.78, 5) is 16.5. The number of benzene rings is 1. The van der Waals surface area contributed by atoms with Crippen LogP contribution in [-0.2, 0) is 10.5 Å². The number of aliphatic imine (C=N–C) groups is 1. The molecule has 0 aliphatic rings. The Kier molecular flexibility index (Phi) is 9.16. The van der Waals surface area contributed by atoms with E-state index in [2.05, 4.69) is 4.99 Å². The highest BCUT2D eigenvalue weighted by Crippen LogP contribution is 2.29. The van der Waals surface area contributed by atoms with E-state index in [9.17, 15) is 4.79 Å². The molecular weight excluding hydrogens is 346 g/mol. The van der Waals surface area contributed by atoms with E-state index in [-0.39, 0.29) is 0 Å². The SMILES string of the molecule is COCC/N=C(/SC)SCc1c(C)cccc1N(N)C(=O)N(C)N. The Labute approximate surface area is 151 Å². The molecule has 4 N–H and O–H groups in total. The van der Waals surface area contributed by atoms with Crippen LogP contribution in [0.1, 0.15) is 11.1 Å². The summed E-state index contributed by atoms with van der Waals surface area (Å²) in [6.45, 7) is 3.21. The van der Waals surface area contributed by atoms with E-state index in [0.29, 0.717) is 24.6 Å². The van der Waals surface area contributed by atoms with Crippen molar-refractivity contribution in [2.75, 3.05) is 38.6 Å². The molecule has 1 rings (SSSR count). The maximum Gasteiger partial charge on any atom is 0.352 e. The Balaban J connectivity index is 2.95. The lowest BCUT2D eigenvalue weighted by Crippen LogP contribution is -2.49. The van der Waals surface area contributed by atoms with E-state index < -0.39 is 6.03 Å². The molecular formula is C15H25N5O2S2. The summed E-state index contributed by atoms with van der Waals surface area (Å²) in [5.74, 6) is 12.1. The van der Waals surface area contributed by atoms with Crippen LogP contribution in [0.3, 0.4) is 0 Å². The van der Waals surface area contributed by atoms with E-state index >= 15 is 0 Å². The lowest BCUT2D eigenvalue weighted by molar-refractivity contribution is 0.208. The van der Waals surface area contributed by atoms with Crippen molar-refractivity contribution < 1.29 is 9.53 Å². The van der Waals surface area contributed by atoms with Crippen molar-refractivity contribution in [3.05, 3.63) is 29.3 Å². The van der Waals surface area contributed by atoms with Gasteiger partial charge in [-0.2, -0.15) is 0 Å². The summed E-state index contributed by atoms with van der Waals surface area (Å²) in [5, 5.41) is 2.03. The Hall–Kier alpha value is -1.26. The first kappa shape index (κ1) is 20.8. The van der Waals surface area contributed by atoms with E-state index in [1.807, 2.05) is 31.4 Å². The number of nitrogens with zero attached hydrogens (tertiary/aromatic N) is 3. The largest absolute Gasteiger partial charge is 0.383 e. The van der Waals surface area contributed by atoms with Crippen LogP contribution >= 0.6 is 23.5 Å². The number of rotatable bonds is 6. The number of hydrogen-bond acceptors (Lipinski definition) is 7. The maximum absolute atomic E-state index is 12.0. The van der Waals surface area contributed by atoms with Crippen LogP contribution in [-0.4, -0.2) is 49.0 Å². The molecule has 7 nitrogen and oxygen atoms in total. The lowest BCUT2D eigenvalue weighted by Gasteiger charge is -2.24. The second kappa shape index (κ2) is 10.6. The minimum absolute atomic E-state index is 0.481. The fourth-order valence-corrected chi connectivity index (χ4v) is 3.60. The first-order chi connectivity index (χ1) is 11.4. The molecule has 9 heteroatoms. The number of carbonyl (C=O) groups excluding carboxylic acids is 1. The smallest absolute Gasteiger partial charge is 0.352 e. The molecule has 1 aromatic rings. The van der Waals surface area contributed by atoms with Crippen LogP contribution in [0.4, 0.5) is 10.5 Å². The standard InChI is InChI=1S/C15H25N5O2S2/c1-11-6-5-7-13(20(17)15(21)19(2)16)12(11)10-24-14(23-4)18-8-9-22-3/h5-7H,8-10,16-17H2,1-4H3/b18-14-. The molecule has 0 fully saturated rings. The summed E-state index contributed by atoms with van der Waals surface area (Å²) in [5.41, 5.74) is 2.68. The van der Waals surface area contributed by atoms with Crippen LogP contribution < -0.4 is 16.7 Å². The number of amides is 2. The van der Waals surface area contributed by atoms with Gasteiger partial charge >= 0.3 is 6.03 Å². The van der Waals surface area contributed by atoms with Crippen LogP contribution in [0, 0.1) is 6.92 Å². The molecule has 0 radical (unpaired) electrons. The predicted octanol–water partition coefficient (Wildman–Crippen LogP) is 2.20. The fourth-order valence-electron chi connectivity index (χ4n) is 1.90. The van der Waals surface area contributed by atoms with Gasteiger partial charge in [-0.25, -0.2) is 21.5 Å². The van der Waals surface area contributed by atoms with Gasteiger partial charge in [0.1, 0.15) is 4.38 Å². The van der Waals surface area contributed by atoms with Gasteiger partial charge in [0.05, 0.1) is 18.8 Å². The summed E-state index contributed by atoms with van der Waals surface area (Å²) < 4.78 is 5.98. The minimum atomic E-state index is -0.481.